The van der Waals surface area contributed by atoms with Gasteiger partial charge in [0.15, 0.2) is 5.65 Å². The number of nitrogens with two attached hydrogens (primary N) is 1. The van der Waals surface area contributed by atoms with Gasteiger partial charge in [-0.3, -0.25) is 24.1 Å². The first kappa shape index (κ1) is 17.6. The van der Waals surface area contributed by atoms with E-state index < -0.39 is 22.8 Å². The minimum atomic E-state index is -0.765. The van der Waals surface area contributed by atoms with Crippen molar-refractivity contribution in [2.75, 3.05) is 12.3 Å². The third-order valence-electron chi connectivity index (χ3n) is 4.57. The van der Waals surface area contributed by atoms with Gasteiger partial charge in [0.2, 0.25) is 5.95 Å². The number of nitrogens with zero attached hydrogens (tertiary/aromatic N) is 3. The number of nitrogen functional groups attached to an aromatic ring is 1. The number of fused-ring (bicyclic) bond motifs is 1. The van der Waals surface area contributed by atoms with Crippen molar-refractivity contribution in [2.24, 2.45) is 5.92 Å². The summed E-state index contributed by atoms with van der Waals surface area (Å²) in [7, 11) is 0. The van der Waals surface area contributed by atoms with E-state index >= 15 is 0 Å². The van der Waals surface area contributed by atoms with Gasteiger partial charge in [0, 0.05) is 18.5 Å². The summed E-state index contributed by atoms with van der Waals surface area (Å²) in [6, 6.07) is 3.15. The molecule has 0 aromatic carbocycles. The molecule has 0 saturated carbocycles. The molecule has 10 nitrogen and oxygen atoms in total. The second-order valence-corrected chi connectivity index (χ2v) is 7.30. The Morgan fingerprint density at radius 1 is 1.44 bits per heavy atom. The minimum absolute atomic E-state index is 0.0463. The Labute approximate surface area is 155 Å². The van der Waals surface area contributed by atoms with Crippen molar-refractivity contribution >= 4 is 27.6 Å². The molecule has 0 amide bonds. The molecule has 1 fully saturated rings. The molecule has 142 valence electrons. The van der Waals surface area contributed by atoms with E-state index in [9.17, 15) is 19.8 Å². The van der Waals surface area contributed by atoms with Crippen LogP contribution in [0.3, 0.4) is 0 Å². The molecule has 3 aromatic rings. The quantitative estimate of drug-likeness (QED) is 0.483. The predicted octanol–water partition coefficient (Wildman–Crippen LogP) is -0.0322. The summed E-state index contributed by atoms with van der Waals surface area (Å²) < 4.78 is 7.32. The van der Waals surface area contributed by atoms with E-state index in [-0.39, 0.29) is 34.6 Å². The molecule has 0 radical (unpaired) electrons. The van der Waals surface area contributed by atoms with E-state index in [1.54, 1.807) is 12.3 Å². The van der Waals surface area contributed by atoms with E-state index in [2.05, 4.69) is 15.0 Å². The van der Waals surface area contributed by atoms with Crippen molar-refractivity contribution < 1.29 is 14.9 Å². The van der Waals surface area contributed by atoms with Crippen LogP contribution in [0.4, 0.5) is 5.95 Å². The SMILES string of the molecule is Nc1nc2c(sc(=O)n2[C@H]2O[C@H](CO)C[C@@H]2Cc2ncccc2O)c(=O)[nH]1. The van der Waals surface area contributed by atoms with Crippen LogP contribution in [0.2, 0.25) is 0 Å². The average Bonchev–Trinajstić information content (AvgIpc) is 3.17. The lowest BCUT2D eigenvalue weighted by Gasteiger charge is -2.20. The number of aromatic nitrogens is 4. The summed E-state index contributed by atoms with van der Waals surface area (Å²) in [5.41, 5.74) is 5.75. The fourth-order valence-electron chi connectivity index (χ4n) is 3.40. The van der Waals surface area contributed by atoms with Gasteiger partial charge in [0.25, 0.3) is 5.56 Å². The molecule has 0 unspecified atom stereocenters. The van der Waals surface area contributed by atoms with Crippen molar-refractivity contribution in [3.05, 3.63) is 44.0 Å². The van der Waals surface area contributed by atoms with Gasteiger partial charge in [0.05, 0.1) is 18.4 Å². The Morgan fingerprint density at radius 3 is 3.00 bits per heavy atom. The van der Waals surface area contributed by atoms with Gasteiger partial charge in [-0.25, -0.2) is 0 Å². The van der Waals surface area contributed by atoms with E-state index in [0.717, 1.165) is 11.3 Å². The van der Waals surface area contributed by atoms with Crippen molar-refractivity contribution in [2.45, 2.75) is 25.2 Å². The number of thiazole rings is 1. The zero-order valence-corrected chi connectivity index (χ0v) is 14.8. The molecule has 1 saturated heterocycles. The first-order chi connectivity index (χ1) is 13.0. The van der Waals surface area contributed by atoms with E-state index in [1.807, 2.05) is 0 Å². The van der Waals surface area contributed by atoms with Crippen LogP contribution in [0.25, 0.3) is 10.3 Å². The number of H-pyrrole nitrogens is 1. The van der Waals surface area contributed by atoms with Crippen LogP contribution in [0.1, 0.15) is 18.3 Å². The summed E-state index contributed by atoms with van der Waals surface area (Å²) in [5, 5.41) is 19.5. The Morgan fingerprint density at radius 2 is 2.26 bits per heavy atom. The van der Waals surface area contributed by atoms with Crippen LogP contribution in [0.5, 0.6) is 5.75 Å². The topological polar surface area (TPSA) is 156 Å². The first-order valence-corrected chi connectivity index (χ1v) is 9.09. The Balaban J connectivity index is 1.80. The second-order valence-electron chi connectivity index (χ2n) is 6.34. The van der Waals surface area contributed by atoms with E-state index in [4.69, 9.17) is 10.5 Å². The molecular weight excluding hydrogens is 374 g/mol. The number of aliphatic hydroxyl groups excluding tert-OH is 1. The lowest BCUT2D eigenvalue weighted by Crippen LogP contribution is -2.26. The molecule has 0 bridgehead atoms. The Hall–Kier alpha value is -2.76. The highest BCUT2D eigenvalue weighted by Gasteiger charge is 2.39. The number of ether oxygens (including phenoxy) is 1. The van der Waals surface area contributed by atoms with Gasteiger partial charge < -0.3 is 20.7 Å². The van der Waals surface area contributed by atoms with Crippen molar-refractivity contribution in [3.8, 4) is 5.75 Å². The highest BCUT2D eigenvalue weighted by Crippen LogP contribution is 2.38. The van der Waals surface area contributed by atoms with E-state index in [0.29, 0.717) is 18.5 Å². The zero-order valence-electron chi connectivity index (χ0n) is 14.0. The van der Waals surface area contributed by atoms with Gasteiger partial charge in [-0.05, 0) is 18.6 Å². The Kier molecular flexibility index (Phi) is 4.42. The summed E-state index contributed by atoms with van der Waals surface area (Å²) >= 11 is 0.759. The summed E-state index contributed by atoms with van der Waals surface area (Å²) in [6.45, 7) is -0.214. The maximum absolute atomic E-state index is 12.6. The molecule has 11 heteroatoms. The molecule has 4 heterocycles. The predicted molar refractivity (Wildman–Crippen MR) is 97.6 cm³/mol. The Bertz CT molecular complexity index is 1110. The molecule has 3 atom stereocenters. The lowest BCUT2D eigenvalue weighted by atomic mass is 9.96. The van der Waals surface area contributed by atoms with Crippen LogP contribution >= 0.6 is 11.3 Å². The fourth-order valence-corrected chi connectivity index (χ4v) is 4.24. The maximum Gasteiger partial charge on any atom is 0.311 e. The monoisotopic (exact) mass is 391 g/mol. The number of hydrogen-bond donors (Lipinski definition) is 4. The molecule has 3 aromatic heterocycles. The maximum atomic E-state index is 12.6. The molecule has 1 aliphatic heterocycles. The standard InChI is InChI=1S/C16H17N5O5S/c17-15-19-12-11(13(24)20-15)27-16(25)21(12)14-7(4-8(6-22)26-14)5-9-10(23)2-1-3-18-9/h1-3,7-8,14,22-23H,4-6H2,(H3,17,19,20,24)/t7-,8+,14+/m1/s1. The third-order valence-corrected chi connectivity index (χ3v) is 5.52. The molecule has 1 aliphatic rings. The molecular formula is C16H17N5O5S. The summed E-state index contributed by atoms with van der Waals surface area (Å²) in [5.74, 6) is -0.319. The molecule has 4 rings (SSSR count). The molecule has 0 spiro atoms. The second kappa shape index (κ2) is 6.76. The largest absolute Gasteiger partial charge is 0.506 e. The normalized spacial score (nSPS) is 22.5. The number of rotatable bonds is 4. The average molecular weight is 391 g/mol. The summed E-state index contributed by atoms with van der Waals surface area (Å²) in [6.07, 6.45) is 1.11. The number of hydrogen-bond acceptors (Lipinski definition) is 9. The smallest absolute Gasteiger partial charge is 0.311 e. The van der Waals surface area contributed by atoms with Crippen molar-refractivity contribution in [1.29, 1.82) is 0 Å². The van der Waals surface area contributed by atoms with Gasteiger partial charge in [-0.15, -0.1) is 0 Å². The third kappa shape index (κ3) is 3.09. The fraction of sp³-hybridized carbons (Fsp3) is 0.375. The highest BCUT2D eigenvalue weighted by molar-refractivity contribution is 7.16. The molecule has 0 aliphatic carbocycles. The summed E-state index contributed by atoms with van der Waals surface area (Å²) in [4.78, 5) is 34.9. The number of aromatic amines is 1. The number of nitrogens with one attached hydrogen (secondary N) is 1. The number of aliphatic hydroxyl groups is 1. The van der Waals surface area contributed by atoms with Gasteiger partial charge in [-0.2, -0.15) is 4.98 Å². The van der Waals surface area contributed by atoms with Gasteiger partial charge >= 0.3 is 4.87 Å². The first-order valence-electron chi connectivity index (χ1n) is 8.28. The molecule has 27 heavy (non-hydrogen) atoms. The van der Waals surface area contributed by atoms with Crippen LogP contribution in [-0.2, 0) is 11.2 Å². The van der Waals surface area contributed by atoms with Crippen molar-refractivity contribution in [3.63, 3.8) is 0 Å². The zero-order chi connectivity index (χ0) is 19.1. The van der Waals surface area contributed by atoms with Crippen molar-refractivity contribution in [1.82, 2.24) is 19.5 Å². The number of pyridine rings is 1. The van der Waals surface area contributed by atoms with Crippen LogP contribution in [0, 0.1) is 5.92 Å². The highest BCUT2D eigenvalue weighted by atomic mass is 32.1. The molecule has 5 N–H and O–H groups in total. The van der Waals surface area contributed by atoms with Crippen LogP contribution in [-0.4, -0.2) is 42.4 Å². The van der Waals surface area contributed by atoms with Gasteiger partial charge in [-0.1, -0.05) is 11.3 Å². The number of aromatic hydroxyl groups is 1. The minimum Gasteiger partial charge on any atom is -0.506 e. The van der Waals surface area contributed by atoms with Crippen LogP contribution < -0.4 is 16.2 Å². The van der Waals surface area contributed by atoms with Crippen LogP contribution in [0.15, 0.2) is 27.9 Å². The van der Waals surface area contributed by atoms with E-state index in [1.165, 1.54) is 10.6 Å². The number of anilines is 1. The lowest BCUT2D eigenvalue weighted by molar-refractivity contribution is -0.0320. The van der Waals surface area contributed by atoms with Gasteiger partial charge in [0.1, 0.15) is 16.7 Å².